The Hall–Kier alpha value is -3.42. The number of methoxy groups -OCH3 is 1. The highest BCUT2D eigenvalue weighted by Gasteiger charge is 2.56. The van der Waals surface area contributed by atoms with Crippen LogP contribution in [0.2, 0.25) is 0 Å². The number of nitro groups is 1. The number of nitrogens with two attached hydrogens (primary N) is 1. The number of thioether (sulfide) groups is 1. The van der Waals surface area contributed by atoms with Gasteiger partial charge in [0.2, 0.25) is 5.91 Å². The van der Waals surface area contributed by atoms with Crippen LogP contribution in [0.5, 0.6) is 0 Å². The zero-order valence-electron chi connectivity index (χ0n) is 17.8. The fourth-order valence-electron chi connectivity index (χ4n) is 3.55. The first kappa shape index (κ1) is 23.7. The lowest BCUT2D eigenvalue weighted by molar-refractivity contribution is -0.384. The predicted octanol–water partition coefficient (Wildman–Crippen LogP) is 1.48. The first-order valence-electron chi connectivity index (χ1n) is 10.0. The Kier molecular flexibility index (Phi) is 6.86. The van der Waals surface area contributed by atoms with Gasteiger partial charge in [-0.05, 0) is 29.1 Å². The number of hydrogen-bond acceptors (Lipinski definition) is 10. The van der Waals surface area contributed by atoms with Gasteiger partial charge in [0.1, 0.15) is 23.5 Å². The summed E-state index contributed by atoms with van der Waals surface area (Å²) in [6.07, 6.45) is 0.147. The number of rotatable bonds is 8. The molecular weight excluding hydrogens is 484 g/mol. The number of nitrogens with zero attached hydrogens (tertiary/aromatic N) is 2. The van der Waals surface area contributed by atoms with Gasteiger partial charge in [-0.15, -0.1) is 11.3 Å². The molecule has 2 amide bonds. The summed E-state index contributed by atoms with van der Waals surface area (Å²) in [6.45, 7) is -0.175. The monoisotopic (exact) mass is 504 g/mol. The van der Waals surface area contributed by atoms with E-state index in [1.165, 1.54) is 59.4 Å². The second-order valence-corrected chi connectivity index (χ2v) is 9.62. The molecule has 11 nitrogen and oxygen atoms in total. The van der Waals surface area contributed by atoms with Gasteiger partial charge in [0.15, 0.2) is 5.70 Å². The standard InChI is InChI=1S/C21H20N4O7S2/c1-31-21-15(22)17(20(28)32-10-11-4-6-12(7-5-11)25(29)30)24-18(27)16(19(24)34-21)23-14(26)9-13-3-2-8-33-13/h2-8,16,19,21H,9-10,22H2,1H3,(H,23,26)/t16-,19-,21-/m1/s1. The second-order valence-electron chi connectivity index (χ2n) is 7.41. The van der Waals surface area contributed by atoms with Crippen LogP contribution >= 0.6 is 23.1 Å². The van der Waals surface area contributed by atoms with Crippen LogP contribution in [-0.4, -0.2) is 51.6 Å². The van der Waals surface area contributed by atoms with Crippen molar-refractivity contribution < 1.29 is 28.8 Å². The van der Waals surface area contributed by atoms with Crippen molar-refractivity contribution in [3.05, 3.63) is 73.7 Å². The maximum atomic E-state index is 12.9. The zero-order chi connectivity index (χ0) is 24.4. The molecule has 0 unspecified atom stereocenters. The average Bonchev–Trinajstić information content (AvgIpc) is 3.34. The quantitative estimate of drug-likeness (QED) is 0.235. The smallest absolute Gasteiger partial charge is 0.357 e. The van der Waals surface area contributed by atoms with Gasteiger partial charge < -0.3 is 20.5 Å². The first-order valence-corrected chi connectivity index (χ1v) is 11.9. The molecule has 178 valence electrons. The fourth-order valence-corrected chi connectivity index (χ4v) is 5.55. The topological polar surface area (TPSA) is 154 Å². The number of β-lactam (4-membered cyclic amide) rings is 1. The van der Waals surface area contributed by atoms with E-state index in [0.29, 0.717) is 5.56 Å². The minimum atomic E-state index is -0.833. The van der Waals surface area contributed by atoms with Crippen molar-refractivity contribution in [1.29, 1.82) is 0 Å². The summed E-state index contributed by atoms with van der Waals surface area (Å²) in [5.41, 5.74) is 5.75. The number of nitrogens with one attached hydrogen (secondary N) is 1. The van der Waals surface area contributed by atoms with Crippen molar-refractivity contribution in [2.24, 2.45) is 5.73 Å². The number of non-ortho nitro benzene ring substituents is 1. The van der Waals surface area contributed by atoms with E-state index in [1.54, 1.807) is 0 Å². The molecule has 2 aliphatic rings. The van der Waals surface area contributed by atoms with Crippen molar-refractivity contribution in [3.8, 4) is 0 Å². The molecule has 2 aromatic rings. The van der Waals surface area contributed by atoms with Crippen molar-refractivity contribution in [2.45, 2.75) is 29.9 Å². The molecule has 2 aliphatic heterocycles. The Morgan fingerprint density at radius 1 is 1.26 bits per heavy atom. The van der Waals surface area contributed by atoms with E-state index in [1.807, 2.05) is 17.5 Å². The van der Waals surface area contributed by atoms with Gasteiger partial charge >= 0.3 is 5.97 Å². The van der Waals surface area contributed by atoms with Crippen molar-refractivity contribution >= 4 is 46.6 Å². The van der Waals surface area contributed by atoms with Crippen LogP contribution in [0.15, 0.2) is 53.2 Å². The zero-order valence-corrected chi connectivity index (χ0v) is 19.5. The maximum absolute atomic E-state index is 12.9. The minimum Gasteiger partial charge on any atom is -0.456 e. The summed E-state index contributed by atoms with van der Waals surface area (Å²) in [5, 5.41) is 14.8. The summed E-state index contributed by atoms with van der Waals surface area (Å²) < 4.78 is 10.7. The van der Waals surface area contributed by atoms with Crippen molar-refractivity contribution in [3.63, 3.8) is 0 Å². The Morgan fingerprint density at radius 2 is 2.00 bits per heavy atom. The maximum Gasteiger partial charge on any atom is 0.357 e. The molecule has 0 radical (unpaired) electrons. The van der Waals surface area contributed by atoms with Crippen LogP contribution < -0.4 is 11.1 Å². The predicted molar refractivity (Wildman–Crippen MR) is 123 cm³/mol. The SMILES string of the molecule is CO[C@@H]1S[C@@H]2[C@H](NC(=O)Cc3cccs3)C(=O)N2C(C(=O)OCc2ccc([N+](=O)[O-])cc2)=C1N. The number of carbonyl (C=O) groups excluding carboxylic acids is 3. The number of ether oxygens (including phenoxy) is 2. The van der Waals surface area contributed by atoms with Crippen LogP contribution in [-0.2, 0) is 36.9 Å². The molecule has 0 spiro atoms. The van der Waals surface area contributed by atoms with E-state index >= 15 is 0 Å². The third kappa shape index (κ3) is 4.62. The van der Waals surface area contributed by atoms with Gasteiger partial charge in [0.25, 0.3) is 11.6 Å². The molecule has 1 aromatic heterocycles. The first-order chi connectivity index (χ1) is 16.3. The van der Waals surface area contributed by atoms with Gasteiger partial charge in [-0.3, -0.25) is 24.6 Å². The molecule has 3 atom stereocenters. The van der Waals surface area contributed by atoms with Gasteiger partial charge in [0.05, 0.1) is 17.0 Å². The lowest BCUT2D eigenvalue weighted by Gasteiger charge is -2.50. The molecule has 0 saturated carbocycles. The van der Waals surface area contributed by atoms with Gasteiger partial charge in [0, 0.05) is 24.1 Å². The molecule has 0 bridgehead atoms. The molecular formula is C21H20N4O7S2. The highest BCUT2D eigenvalue weighted by Crippen LogP contribution is 2.43. The molecule has 13 heteroatoms. The minimum absolute atomic E-state index is 0.0363. The van der Waals surface area contributed by atoms with Crippen LogP contribution in [0.3, 0.4) is 0 Å². The lowest BCUT2D eigenvalue weighted by Crippen LogP contribution is -2.71. The van der Waals surface area contributed by atoms with Crippen molar-refractivity contribution in [2.75, 3.05) is 7.11 Å². The normalized spacial score (nSPS) is 21.5. The Morgan fingerprint density at radius 3 is 2.62 bits per heavy atom. The third-order valence-electron chi connectivity index (χ3n) is 5.23. The van der Waals surface area contributed by atoms with E-state index < -0.39 is 33.7 Å². The number of fused-ring (bicyclic) bond motifs is 1. The average molecular weight is 505 g/mol. The molecule has 1 fully saturated rings. The molecule has 3 N–H and O–H groups in total. The van der Waals surface area contributed by atoms with Gasteiger partial charge in [-0.2, -0.15) is 0 Å². The molecule has 1 saturated heterocycles. The van der Waals surface area contributed by atoms with Crippen molar-refractivity contribution in [1.82, 2.24) is 10.2 Å². The summed E-state index contributed by atoms with van der Waals surface area (Å²) >= 11 is 2.65. The molecule has 3 heterocycles. The number of nitro benzene ring substituents is 1. The summed E-state index contributed by atoms with van der Waals surface area (Å²) in [6, 6.07) is 8.37. The summed E-state index contributed by atoms with van der Waals surface area (Å²) in [7, 11) is 1.42. The number of carbonyl (C=O) groups is 3. The largest absolute Gasteiger partial charge is 0.456 e. The number of amides is 2. The second kappa shape index (κ2) is 9.83. The summed E-state index contributed by atoms with van der Waals surface area (Å²) in [5.74, 6) is -1.61. The molecule has 34 heavy (non-hydrogen) atoms. The van der Waals surface area contributed by atoms with E-state index in [0.717, 1.165) is 4.88 Å². The number of thiophene rings is 1. The molecule has 4 rings (SSSR count). The van der Waals surface area contributed by atoms with E-state index in [9.17, 15) is 24.5 Å². The Bertz CT molecular complexity index is 1150. The molecule has 0 aliphatic carbocycles. The number of hydrogen-bond donors (Lipinski definition) is 2. The van der Waals surface area contributed by atoms with Crippen LogP contribution in [0.25, 0.3) is 0 Å². The highest BCUT2D eigenvalue weighted by molar-refractivity contribution is 8.00. The van der Waals surface area contributed by atoms with Crippen LogP contribution in [0.1, 0.15) is 10.4 Å². The Labute approximate surface area is 202 Å². The Balaban J connectivity index is 1.45. The lowest BCUT2D eigenvalue weighted by atomic mass is 10.0. The van der Waals surface area contributed by atoms with Crippen LogP contribution in [0, 0.1) is 10.1 Å². The van der Waals surface area contributed by atoms with Crippen LogP contribution in [0.4, 0.5) is 5.69 Å². The molecule has 1 aromatic carbocycles. The van der Waals surface area contributed by atoms with Gasteiger partial charge in [-0.1, -0.05) is 17.8 Å². The van der Waals surface area contributed by atoms with E-state index in [4.69, 9.17) is 15.2 Å². The number of benzene rings is 1. The van der Waals surface area contributed by atoms with E-state index in [-0.39, 0.29) is 36.0 Å². The number of esters is 1. The fraction of sp³-hybridized carbons (Fsp3) is 0.286. The van der Waals surface area contributed by atoms with E-state index in [2.05, 4.69) is 5.32 Å². The third-order valence-corrected chi connectivity index (χ3v) is 7.56. The van der Waals surface area contributed by atoms with Gasteiger partial charge in [-0.25, -0.2) is 4.79 Å². The highest BCUT2D eigenvalue weighted by atomic mass is 32.2. The summed E-state index contributed by atoms with van der Waals surface area (Å²) in [4.78, 5) is 50.5.